The Morgan fingerprint density at radius 1 is 1.20 bits per heavy atom. The zero-order valence-corrected chi connectivity index (χ0v) is 13.1. The summed E-state index contributed by atoms with van der Waals surface area (Å²) in [6.45, 7) is 9.89. The van der Waals surface area contributed by atoms with Crippen LogP contribution in [0.4, 0.5) is 0 Å². The van der Waals surface area contributed by atoms with Crippen molar-refractivity contribution < 1.29 is 14.2 Å². The molecule has 0 aromatic rings. The summed E-state index contributed by atoms with van der Waals surface area (Å²) in [5, 5.41) is 0. The summed E-state index contributed by atoms with van der Waals surface area (Å²) in [6, 6.07) is 0. The van der Waals surface area contributed by atoms with E-state index in [9.17, 15) is 0 Å². The van der Waals surface area contributed by atoms with Crippen LogP contribution in [0.1, 0.15) is 27.7 Å². The topological polar surface area (TPSA) is 27.7 Å². The molecule has 0 rings (SSSR count). The third-order valence-electron chi connectivity index (χ3n) is 2.08. The van der Waals surface area contributed by atoms with Gasteiger partial charge in [-0.05, 0) is 27.7 Å². The summed E-state index contributed by atoms with van der Waals surface area (Å²) in [5.74, 6) is 0. The fourth-order valence-corrected chi connectivity index (χ4v) is 5.90. The predicted molar refractivity (Wildman–Crippen MR) is 72.2 cm³/mol. The SMILES string of the molecule is CCOC(C)C(OCC)(OCC)[SiH2]SS. The average molecular weight is 270 g/mol. The van der Waals surface area contributed by atoms with Gasteiger partial charge in [0.05, 0.1) is 0 Å². The second-order valence-electron chi connectivity index (χ2n) is 3.05. The lowest BCUT2D eigenvalue weighted by atomic mass is 10.4. The molecule has 0 radical (unpaired) electrons. The van der Waals surface area contributed by atoms with E-state index in [1.165, 1.54) is 0 Å². The molecule has 0 saturated carbocycles. The minimum absolute atomic E-state index is 0.0336. The molecule has 0 amide bonds. The van der Waals surface area contributed by atoms with E-state index in [1.54, 1.807) is 10.2 Å². The highest BCUT2D eigenvalue weighted by Gasteiger charge is 2.38. The number of rotatable bonds is 9. The van der Waals surface area contributed by atoms with Crippen LogP contribution in [0.3, 0.4) is 0 Å². The second kappa shape index (κ2) is 8.89. The first-order valence-corrected chi connectivity index (χ1v) is 9.80. The van der Waals surface area contributed by atoms with Gasteiger partial charge < -0.3 is 14.2 Å². The summed E-state index contributed by atoms with van der Waals surface area (Å²) in [5.41, 5.74) is -0.536. The Balaban J connectivity index is 4.57. The first-order valence-electron chi connectivity index (χ1n) is 5.32. The van der Waals surface area contributed by atoms with Crippen LogP contribution >= 0.6 is 21.9 Å². The third kappa shape index (κ3) is 5.10. The molecule has 0 fully saturated rings. The minimum atomic E-state index is -0.649. The molecule has 0 aliphatic carbocycles. The normalized spacial score (nSPS) is 15.0. The molecule has 0 N–H and O–H groups in total. The number of hydrogen-bond acceptors (Lipinski definition) is 5. The number of hydrogen-bond donors (Lipinski definition) is 1. The molecule has 0 aliphatic heterocycles. The van der Waals surface area contributed by atoms with Gasteiger partial charge in [0.2, 0.25) is 0 Å². The predicted octanol–water partition coefficient (Wildman–Crippen LogP) is 1.80. The maximum atomic E-state index is 5.77. The molecule has 0 bridgehead atoms. The molecule has 0 aromatic carbocycles. The van der Waals surface area contributed by atoms with Gasteiger partial charge in [0.1, 0.15) is 6.10 Å². The Bertz CT molecular complexity index is 143. The van der Waals surface area contributed by atoms with Crippen molar-refractivity contribution in [2.24, 2.45) is 0 Å². The number of thiol groups is 1. The van der Waals surface area contributed by atoms with Gasteiger partial charge in [-0.2, -0.15) is 0 Å². The molecule has 15 heavy (non-hydrogen) atoms. The zero-order chi connectivity index (χ0) is 11.7. The van der Waals surface area contributed by atoms with Gasteiger partial charge in [-0.25, -0.2) is 0 Å². The van der Waals surface area contributed by atoms with Crippen LogP contribution < -0.4 is 0 Å². The Labute approximate surface area is 104 Å². The lowest BCUT2D eigenvalue weighted by molar-refractivity contribution is -0.231. The van der Waals surface area contributed by atoms with Crippen LogP contribution in [0, 0.1) is 0 Å². The summed E-state index contributed by atoms with van der Waals surface area (Å²) in [6.07, 6.45) is -0.0336. The Kier molecular flexibility index (Phi) is 9.37. The van der Waals surface area contributed by atoms with Crippen LogP contribution in [-0.4, -0.2) is 40.0 Å². The molecule has 3 nitrogen and oxygen atoms in total. The fourth-order valence-electron chi connectivity index (χ4n) is 1.43. The van der Waals surface area contributed by atoms with E-state index in [2.05, 4.69) is 11.7 Å². The second-order valence-corrected chi connectivity index (χ2v) is 8.55. The Morgan fingerprint density at radius 3 is 2.07 bits per heavy atom. The minimum Gasteiger partial charge on any atom is -0.374 e. The Hall–Kier alpha value is 0.797. The van der Waals surface area contributed by atoms with Crippen LogP contribution in [-0.2, 0) is 14.2 Å². The monoisotopic (exact) mass is 270 g/mol. The van der Waals surface area contributed by atoms with Crippen molar-refractivity contribution in [2.45, 2.75) is 39.2 Å². The van der Waals surface area contributed by atoms with E-state index in [-0.39, 0.29) is 6.10 Å². The maximum absolute atomic E-state index is 5.77. The van der Waals surface area contributed by atoms with E-state index in [0.29, 0.717) is 19.8 Å². The average Bonchev–Trinajstić information content (AvgIpc) is 2.19. The summed E-state index contributed by atoms with van der Waals surface area (Å²) < 4.78 is 17.1. The Morgan fingerprint density at radius 2 is 1.73 bits per heavy atom. The van der Waals surface area contributed by atoms with Gasteiger partial charge in [0.25, 0.3) is 0 Å². The molecule has 0 aliphatic rings. The van der Waals surface area contributed by atoms with Crippen LogP contribution in [0.5, 0.6) is 0 Å². The maximum Gasteiger partial charge on any atom is 0.181 e. The molecule has 0 spiro atoms. The van der Waals surface area contributed by atoms with Crippen molar-refractivity contribution >= 4 is 30.6 Å². The highest BCUT2D eigenvalue weighted by Crippen LogP contribution is 2.25. The summed E-state index contributed by atoms with van der Waals surface area (Å²) in [7, 11) is 0.897. The fraction of sp³-hybridized carbons (Fsp3) is 1.00. The van der Waals surface area contributed by atoms with Gasteiger partial charge in [-0.3, -0.25) is 0 Å². The first-order chi connectivity index (χ1) is 7.16. The van der Waals surface area contributed by atoms with E-state index in [0.717, 1.165) is 0 Å². The quantitative estimate of drug-likeness (QED) is 0.299. The van der Waals surface area contributed by atoms with E-state index in [4.69, 9.17) is 14.2 Å². The molecule has 92 valence electrons. The van der Waals surface area contributed by atoms with E-state index in [1.807, 2.05) is 27.7 Å². The highest BCUT2D eigenvalue weighted by molar-refractivity contribution is 8.78. The van der Waals surface area contributed by atoms with Crippen molar-refractivity contribution in [2.75, 3.05) is 19.8 Å². The van der Waals surface area contributed by atoms with Crippen LogP contribution in [0.25, 0.3) is 0 Å². The first kappa shape index (κ1) is 15.8. The molecular formula is C9H22O3S2Si. The van der Waals surface area contributed by atoms with Gasteiger partial charge in [0, 0.05) is 19.8 Å². The van der Waals surface area contributed by atoms with Crippen LogP contribution in [0.2, 0.25) is 0 Å². The zero-order valence-electron chi connectivity index (χ0n) is 9.99. The van der Waals surface area contributed by atoms with Gasteiger partial charge in [-0.15, -0.1) is 21.9 Å². The molecule has 0 heterocycles. The van der Waals surface area contributed by atoms with Crippen molar-refractivity contribution in [3.63, 3.8) is 0 Å². The van der Waals surface area contributed by atoms with Crippen molar-refractivity contribution in [1.29, 1.82) is 0 Å². The van der Waals surface area contributed by atoms with E-state index >= 15 is 0 Å². The lowest BCUT2D eigenvalue weighted by Gasteiger charge is -2.37. The lowest BCUT2D eigenvalue weighted by Crippen LogP contribution is -2.51. The molecule has 6 heteroatoms. The highest BCUT2D eigenvalue weighted by atomic mass is 33.2. The summed E-state index contributed by atoms with van der Waals surface area (Å²) >= 11 is 4.23. The van der Waals surface area contributed by atoms with Crippen LogP contribution in [0.15, 0.2) is 0 Å². The van der Waals surface area contributed by atoms with E-state index < -0.39 is 14.1 Å². The van der Waals surface area contributed by atoms with Crippen molar-refractivity contribution in [1.82, 2.24) is 0 Å². The largest absolute Gasteiger partial charge is 0.374 e. The van der Waals surface area contributed by atoms with Crippen molar-refractivity contribution in [3.8, 4) is 0 Å². The molecule has 1 unspecified atom stereocenters. The third-order valence-corrected chi connectivity index (χ3v) is 6.35. The number of ether oxygens (including phenoxy) is 3. The van der Waals surface area contributed by atoms with Gasteiger partial charge >= 0.3 is 0 Å². The molecule has 0 saturated heterocycles. The standard InChI is InChI=1S/C9H22O3S2Si/c1-5-10-8(4)9(11-6-2,12-7-3)15-14-13/h8,13H,5-7,15H2,1-4H3. The smallest absolute Gasteiger partial charge is 0.181 e. The van der Waals surface area contributed by atoms with Gasteiger partial charge in [0.15, 0.2) is 14.1 Å². The molecular weight excluding hydrogens is 248 g/mol. The summed E-state index contributed by atoms with van der Waals surface area (Å²) in [4.78, 5) is 0. The molecule has 1 atom stereocenters. The molecule has 0 aromatic heterocycles. The van der Waals surface area contributed by atoms with Gasteiger partial charge in [-0.1, -0.05) is 0 Å². The van der Waals surface area contributed by atoms with Crippen molar-refractivity contribution in [3.05, 3.63) is 0 Å².